The molecular formula is C15H20N2O5S2. The molecule has 1 atom stereocenters. The molecule has 1 aromatic rings. The van der Waals surface area contributed by atoms with Crippen molar-refractivity contribution in [2.45, 2.75) is 28.4 Å². The monoisotopic (exact) mass is 372 g/mol. The van der Waals surface area contributed by atoms with Gasteiger partial charge in [-0.1, -0.05) is 0 Å². The second-order valence-corrected chi connectivity index (χ2v) is 8.81. The van der Waals surface area contributed by atoms with Gasteiger partial charge < -0.3 is 15.4 Å². The first-order chi connectivity index (χ1) is 11.3. The summed E-state index contributed by atoms with van der Waals surface area (Å²) < 4.78 is 29.6. The van der Waals surface area contributed by atoms with Gasteiger partial charge in [0.25, 0.3) is 0 Å². The van der Waals surface area contributed by atoms with Crippen molar-refractivity contribution in [3.8, 4) is 0 Å². The molecule has 1 aromatic carbocycles. The quantitative estimate of drug-likeness (QED) is 0.694. The Balaban J connectivity index is 2.03. The lowest BCUT2D eigenvalue weighted by Gasteiger charge is -2.21. The molecule has 0 saturated carbocycles. The summed E-state index contributed by atoms with van der Waals surface area (Å²) in [6.07, 6.45) is -0.124. The van der Waals surface area contributed by atoms with E-state index in [1.165, 1.54) is 31.0 Å². The summed E-state index contributed by atoms with van der Waals surface area (Å²) in [5.74, 6) is -0.784. The first kappa shape index (κ1) is 18.8. The van der Waals surface area contributed by atoms with Gasteiger partial charge in [0.15, 0.2) is 9.84 Å². The maximum atomic E-state index is 12.4. The zero-order valence-electron chi connectivity index (χ0n) is 13.5. The number of rotatable bonds is 7. The third-order valence-electron chi connectivity index (χ3n) is 3.47. The van der Waals surface area contributed by atoms with E-state index in [0.29, 0.717) is 18.8 Å². The molecule has 9 heteroatoms. The third-order valence-corrected chi connectivity index (χ3v) is 6.36. The highest BCUT2D eigenvalue weighted by Crippen LogP contribution is 2.36. The molecule has 1 aliphatic heterocycles. The molecule has 2 rings (SSSR count). The van der Waals surface area contributed by atoms with Crippen molar-refractivity contribution >= 4 is 39.1 Å². The van der Waals surface area contributed by atoms with Crippen LogP contribution < -0.4 is 10.6 Å². The summed E-state index contributed by atoms with van der Waals surface area (Å²) >= 11 is 1.39. The number of benzene rings is 1. The number of ether oxygens (including phenoxy) is 1. The summed E-state index contributed by atoms with van der Waals surface area (Å²) in [5.41, 5.74) is 0.494. The number of carbonyl (C=O) groups excluding carboxylic acids is 2. The van der Waals surface area contributed by atoms with E-state index in [-0.39, 0.29) is 34.1 Å². The van der Waals surface area contributed by atoms with Crippen LogP contribution in [0.5, 0.6) is 0 Å². The van der Waals surface area contributed by atoms with Crippen molar-refractivity contribution in [3.05, 3.63) is 18.2 Å². The molecule has 0 spiro atoms. The lowest BCUT2D eigenvalue weighted by molar-refractivity contribution is -0.121. The topological polar surface area (TPSA) is 102 Å². The van der Waals surface area contributed by atoms with Crippen LogP contribution in [-0.4, -0.2) is 51.5 Å². The Hall–Kier alpha value is -1.58. The average molecular weight is 372 g/mol. The van der Waals surface area contributed by atoms with Crippen LogP contribution in [0.25, 0.3) is 0 Å². The van der Waals surface area contributed by atoms with E-state index in [9.17, 15) is 18.0 Å². The predicted molar refractivity (Wildman–Crippen MR) is 91.9 cm³/mol. The van der Waals surface area contributed by atoms with E-state index >= 15 is 0 Å². The van der Waals surface area contributed by atoms with Crippen LogP contribution in [0.2, 0.25) is 0 Å². The summed E-state index contributed by atoms with van der Waals surface area (Å²) in [6, 6.07) is 4.64. The molecule has 0 fully saturated rings. The Bertz CT molecular complexity index is 733. The molecule has 2 amide bonds. The number of sulfone groups is 1. The number of nitrogens with one attached hydrogen (secondary N) is 2. The van der Waals surface area contributed by atoms with Crippen molar-refractivity contribution in [1.82, 2.24) is 5.32 Å². The molecule has 0 aromatic heterocycles. The third kappa shape index (κ3) is 4.71. The number of amides is 2. The molecule has 1 unspecified atom stereocenters. The SMILES string of the molecule is COCCNC(=O)CCS(=O)(=O)c1ccc2c(c1)NC(=O)C(C)S2. The van der Waals surface area contributed by atoms with Gasteiger partial charge in [0, 0.05) is 25.0 Å². The molecule has 2 N–H and O–H groups in total. The number of hydrogen-bond acceptors (Lipinski definition) is 6. The molecule has 1 heterocycles. The van der Waals surface area contributed by atoms with Crippen molar-refractivity contribution < 1.29 is 22.7 Å². The molecule has 7 nitrogen and oxygen atoms in total. The molecule has 1 aliphatic rings. The highest BCUT2D eigenvalue weighted by Gasteiger charge is 2.25. The lowest BCUT2D eigenvalue weighted by Crippen LogP contribution is -2.28. The molecule has 0 bridgehead atoms. The predicted octanol–water partition coefficient (Wildman–Crippen LogP) is 1.05. The maximum absolute atomic E-state index is 12.4. The highest BCUT2D eigenvalue weighted by atomic mass is 32.2. The van der Waals surface area contributed by atoms with Crippen LogP contribution in [0.4, 0.5) is 5.69 Å². The van der Waals surface area contributed by atoms with E-state index in [0.717, 1.165) is 4.90 Å². The normalized spacial score (nSPS) is 17.1. The molecule has 0 radical (unpaired) electrons. The van der Waals surface area contributed by atoms with Gasteiger partial charge in [-0.25, -0.2) is 8.42 Å². The largest absolute Gasteiger partial charge is 0.383 e. The second-order valence-electron chi connectivity index (χ2n) is 5.32. The first-order valence-corrected chi connectivity index (χ1v) is 9.96. The van der Waals surface area contributed by atoms with Gasteiger partial charge in [-0.2, -0.15) is 0 Å². The summed E-state index contributed by atoms with van der Waals surface area (Å²) in [6.45, 7) is 2.50. The zero-order chi connectivity index (χ0) is 17.7. The van der Waals surface area contributed by atoms with Gasteiger partial charge in [0.2, 0.25) is 11.8 Å². The van der Waals surface area contributed by atoms with Crippen LogP contribution in [-0.2, 0) is 24.2 Å². The van der Waals surface area contributed by atoms with Crippen molar-refractivity contribution in [1.29, 1.82) is 0 Å². The first-order valence-electron chi connectivity index (χ1n) is 7.43. The Labute approximate surface area is 145 Å². The minimum Gasteiger partial charge on any atom is -0.383 e. The van der Waals surface area contributed by atoms with Gasteiger partial charge in [0.1, 0.15) is 0 Å². The molecule has 0 saturated heterocycles. The fourth-order valence-corrected chi connectivity index (χ4v) is 4.30. The fourth-order valence-electron chi connectivity index (χ4n) is 2.11. The molecule has 0 aliphatic carbocycles. The van der Waals surface area contributed by atoms with Gasteiger partial charge >= 0.3 is 0 Å². The maximum Gasteiger partial charge on any atom is 0.237 e. The van der Waals surface area contributed by atoms with Crippen molar-refractivity contribution in [2.75, 3.05) is 31.3 Å². The van der Waals surface area contributed by atoms with Crippen LogP contribution >= 0.6 is 11.8 Å². The minimum atomic E-state index is -3.60. The van der Waals surface area contributed by atoms with Gasteiger partial charge in [-0.3, -0.25) is 9.59 Å². The Morgan fingerprint density at radius 1 is 1.42 bits per heavy atom. The Kier molecular flexibility index (Phi) is 6.25. The number of anilines is 1. The lowest BCUT2D eigenvalue weighted by atomic mass is 10.3. The summed E-state index contributed by atoms with van der Waals surface area (Å²) in [5, 5.41) is 5.07. The minimum absolute atomic E-state index is 0.0985. The number of methoxy groups -OCH3 is 1. The Morgan fingerprint density at radius 2 is 2.17 bits per heavy atom. The molecule has 132 valence electrons. The smallest absolute Gasteiger partial charge is 0.237 e. The van der Waals surface area contributed by atoms with E-state index in [1.807, 2.05) is 0 Å². The highest BCUT2D eigenvalue weighted by molar-refractivity contribution is 8.01. The van der Waals surface area contributed by atoms with Gasteiger partial charge in [-0.05, 0) is 25.1 Å². The summed E-state index contributed by atoms with van der Waals surface area (Å²) in [7, 11) is -2.08. The molecule has 24 heavy (non-hydrogen) atoms. The van der Waals surface area contributed by atoms with Crippen LogP contribution in [0.15, 0.2) is 28.0 Å². The van der Waals surface area contributed by atoms with Gasteiger partial charge in [0.05, 0.1) is 28.2 Å². The standard InChI is InChI=1S/C15H20N2O5S2/c1-10-15(19)17-12-9-11(3-4-13(12)23-10)24(20,21)8-5-14(18)16-6-7-22-2/h3-4,9-10H,5-8H2,1-2H3,(H,16,18)(H,17,19). The average Bonchev–Trinajstić information content (AvgIpc) is 2.54. The van der Waals surface area contributed by atoms with Crippen LogP contribution in [0, 0.1) is 0 Å². The van der Waals surface area contributed by atoms with E-state index < -0.39 is 9.84 Å². The second kappa shape index (κ2) is 8.00. The summed E-state index contributed by atoms with van der Waals surface area (Å²) in [4.78, 5) is 24.3. The van der Waals surface area contributed by atoms with Crippen molar-refractivity contribution in [2.24, 2.45) is 0 Å². The number of carbonyl (C=O) groups is 2. The van der Waals surface area contributed by atoms with Crippen LogP contribution in [0.1, 0.15) is 13.3 Å². The fraction of sp³-hybridized carbons (Fsp3) is 0.467. The number of fused-ring (bicyclic) bond motifs is 1. The van der Waals surface area contributed by atoms with E-state index in [2.05, 4.69) is 10.6 Å². The van der Waals surface area contributed by atoms with E-state index in [1.54, 1.807) is 13.0 Å². The Morgan fingerprint density at radius 3 is 2.88 bits per heavy atom. The van der Waals surface area contributed by atoms with Crippen LogP contribution in [0.3, 0.4) is 0 Å². The van der Waals surface area contributed by atoms with Crippen molar-refractivity contribution in [3.63, 3.8) is 0 Å². The number of thioether (sulfide) groups is 1. The number of hydrogen-bond donors (Lipinski definition) is 2. The molecular weight excluding hydrogens is 352 g/mol. The van der Waals surface area contributed by atoms with Gasteiger partial charge in [-0.15, -0.1) is 11.8 Å². The zero-order valence-corrected chi connectivity index (χ0v) is 15.1. The van der Waals surface area contributed by atoms with E-state index in [4.69, 9.17) is 4.74 Å².